The number of hydrogen-bond donors (Lipinski definition) is 2. The molecule has 150 valence electrons. The third-order valence-electron chi connectivity index (χ3n) is 4.09. The van der Waals surface area contributed by atoms with Crippen LogP contribution in [0.2, 0.25) is 0 Å². The molecule has 28 heavy (non-hydrogen) atoms. The van der Waals surface area contributed by atoms with Crippen LogP contribution in [0.5, 0.6) is 5.75 Å². The molecule has 0 heterocycles. The Morgan fingerprint density at radius 1 is 1.04 bits per heavy atom. The average molecular weight is 390 g/mol. The van der Waals surface area contributed by atoms with Gasteiger partial charge in [-0.05, 0) is 49.1 Å². The minimum Gasteiger partial charge on any atom is -0.481 e. The highest BCUT2D eigenvalue weighted by molar-refractivity contribution is 5.95. The molecule has 2 amide bonds. The Morgan fingerprint density at radius 3 is 2.39 bits per heavy atom. The van der Waals surface area contributed by atoms with E-state index in [9.17, 15) is 18.4 Å². The fourth-order valence-corrected chi connectivity index (χ4v) is 2.55. The van der Waals surface area contributed by atoms with Crippen molar-refractivity contribution in [2.24, 2.45) is 0 Å². The van der Waals surface area contributed by atoms with E-state index in [1.165, 1.54) is 6.07 Å². The van der Waals surface area contributed by atoms with Gasteiger partial charge in [0.25, 0.3) is 5.91 Å². The second-order valence-corrected chi connectivity index (χ2v) is 6.85. The molecule has 7 heteroatoms. The number of hydrogen-bond acceptors (Lipinski definition) is 3. The number of carbonyl (C=O) groups excluding carboxylic acids is 2. The van der Waals surface area contributed by atoms with Gasteiger partial charge in [-0.25, -0.2) is 8.78 Å². The van der Waals surface area contributed by atoms with Crippen molar-refractivity contribution in [1.29, 1.82) is 0 Å². The summed E-state index contributed by atoms with van der Waals surface area (Å²) in [5.41, 5.74) is 2.10. The predicted molar refractivity (Wildman–Crippen MR) is 103 cm³/mol. The summed E-state index contributed by atoms with van der Waals surface area (Å²) in [6.07, 6.45) is -0.810. The third kappa shape index (κ3) is 5.77. The Hall–Kier alpha value is -2.96. The van der Waals surface area contributed by atoms with Crippen molar-refractivity contribution in [2.75, 3.05) is 11.9 Å². The second-order valence-electron chi connectivity index (χ2n) is 6.85. The molecule has 2 aromatic carbocycles. The number of amides is 2. The van der Waals surface area contributed by atoms with Crippen LogP contribution < -0.4 is 15.4 Å². The van der Waals surface area contributed by atoms with Crippen LogP contribution in [-0.4, -0.2) is 24.5 Å². The molecule has 0 fully saturated rings. The quantitative estimate of drug-likeness (QED) is 0.753. The van der Waals surface area contributed by atoms with Gasteiger partial charge in [0.2, 0.25) is 5.91 Å². The second kappa shape index (κ2) is 9.30. The highest BCUT2D eigenvalue weighted by atomic mass is 19.2. The van der Waals surface area contributed by atoms with Crippen LogP contribution in [0, 0.1) is 18.6 Å². The van der Waals surface area contributed by atoms with Gasteiger partial charge < -0.3 is 15.4 Å². The molecule has 0 saturated heterocycles. The first kappa shape index (κ1) is 21.3. The summed E-state index contributed by atoms with van der Waals surface area (Å²) in [4.78, 5) is 24.1. The van der Waals surface area contributed by atoms with Gasteiger partial charge in [-0.2, -0.15) is 0 Å². The van der Waals surface area contributed by atoms with Crippen LogP contribution in [0.15, 0.2) is 36.4 Å². The van der Waals surface area contributed by atoms with Crippen LogP contribution in [0.4, 0.5) is 14.5 Å². The lowest BCUT2D eigenvalue weighted by molar-refractivity contribution is -0.129. The van der Waals surface area contributed by atoms with Gasteiger partial charge in [-0.3, -0.25) is 9.59 Å². The van der Waals surface area contributed by atoms with Crippen molar-refractivity contribution in [1.82, 2.24) is 5.32 Å². The van der Waals surface area contributed by atoms with Crippen molar-refractivity contribution in [3.8, 4) is 5.75 Å². The zero-order valence-corrected chi connectivity index (χ0v) is 16.3. The van der Waals surface area contributed by atoms with E-state index in [4.69, 9.17) is 4.74 Å². The molecule has 0 aliphatic rings. The van der Waals surface area contributed by atoms with Crippen LogP contribution in [0.25, 0.3) is 0 Å². The molecule has 2 rings (SSSR count). The topological polar surface area (TPSA) is 67.4 Å². The van der Waals surface area contributed by atoms with Gasteiger partial charge in [0.1, 0.15) is 5.75 Å². The van der Waals surface area contributed by atoms with Gasteiger partial charge in [0, 0.05) is 11.8 Å². The molecule has 0 spiro atoms. The van der Waals surface area contributed by atoms with Gasteiger partial charge in [0.15, 0.2) is 17.7 Å². The zero-order chi connectivity index (χ0) is 20.8. The normalized spacial score (nSPS) is 11.8. The highest BCUT2D eigenvalue weighted by Crippen LogP contribution is 2.28. The highest BCUT2D eigenvalue weighted by Gasteiger charge is 2.18. The van der Waals surface area contributed by atoms with Crippen molar-refractivity contribution in [2.45, 2.75) is 39.7 Å². The first-order valence-corrected chi connectivity index (χ1v) is 8.97. The van der Waals surface area contributed by atoms with Crippen LogP contribution in [0.1, 0.15) is 37.8 Å². The number of carbonyl (C=O) groups is 2. The first-order chi connectivity index (χ1) is 13.2. The summed E-state index contributed by atoms with van der Waals surface area (Å²) in [6, 6.07) is 8.83. The smallest absolute Gasteiger partial charge is 0.261 e. The molecule has 0 aliphatic carbocycles. The Bertz CT molecular complexity index is 869. The molecule has 0 bridgehead atoms. The Labute approximate surface area is 163 Å². The number of nitrogens with one attached hydrogen (secondary N) is 2. The molecular weight excluding hydrogens is 366 g/mol. The van der Waals surface area contributed by atoms with E-state index in [0.29, 0.717) is 5.75 Å². The number of aryl methyl sites for hydroxylation is 1. The minimum atomic E-state index is -1.07. The van der Waals surface area contributed by atoms with E-state index in [0.717, 1.165) is 23.3 Å². The maximum absolute atomic E-state index is 13.2. The van der Waals surface area contributed by atoms with E-state index < -0.39 is 29.6 Å². The summed E-state index contributed by atoms with van der Waals surface area (Å²) >= 11 is 0. The molecule has 0 aliphatic heterocycles. The third-order valence-corrected chi connectivity index (χ3v) is 4.09. The first-order valence-electron chi connectivity index (χ1n) is 8.97. The number of anilines is 1. The number of rotatable bonds is 7. The molecule has 2 aromatic rings. The van der Waals surface area contributed by atoms with E-state index in [1.807, 2.05) is 39.0 Å². The predicted octanol–water partition coefficient (Wildman–Crippen LogP) is 3.92. The van der Waals surface area contributed by atoms with Gasteiger partial charge in [-0.15, -0.1) is 0 Å². The molecule has 0 saturated carbocycles. The molecule has 0 aromatic heterocycles. The summed E-state index contributed by atoms with van der Waals surface area (Å²) < 4.78 is 31.9. The largest absolute Gasteiger partial charge is 0.481 e. The number of ether oxygens (including phenoxy) is 1. The molecule has 5 nitrogen and oxygen atoms in total. The summed E-state index contributed by atoms with van der Waals surface area (Å²) in [6.45, 7) is 7.27. The molecule has 1 atom stereocenters. The average Bonchev–Trinajstić information content (AvgIpc) is 2.62. The van der Waals surface area contributed by atoms with Crippen molar-refractivity contribution < 1.29 is 23.1 Å². The fraction of sp³-hybridized carbons (Fsp3) is 0.333. The minimum absolute atomic E-state index is 0.101. The van der Waals surface area contributed by atoms with E-state index in [2.05, 4.69) is 10.6 Å². The fourth-order valence-electron chi connectivity index (χ4n) is 2.55. The monoisotopic (exact) mass is 390 g/mol. The summed E-state index contributed by atoms with van der Waals surface area (Å²) in [5.74, 6) is -2.24. The lowest BCUT2D eigenvalue weighted by Crippen LogP contribution is -2.40. The van der Waals surface area contributed by atoms with Crippen LogP contribution in [0.3, 0.4) is 0 Å². The van der Waals surface area contributed by atoms with E-state index in [-0.39, 0.29) is 18.2 Å². The van der Waals surface area contributed by atoms with Crippen LogP contribution >= 0.6 is 0 Å². The Balaban J connectivity index is 1.91. The summed E-state index contributed by atoms with van der Waals surface area (Å²) in [5, 5.41) is 4.85. The van der Waals surface area contributed by atoms with Gasteiger partial charge in [0.05, 0.1) is 6.54 Å². The van der Waals surface area contributed by atoms with Crippen molar-refractivity contribution in [3.05, 3.63) is 59.2 Å². The van der Waals surface area contributed by atoms with Gasteiger partial charge >= 0.3 is 0 Å². The summed E-state index contributed by atoms with van der Waals surface area (Å²) in [7, 11) is 0. The molecule has 0 radical (unpaired) electrons. The molecular formula is C21H24F2N2O3. The van der Waals surface area contributed by atoms with Crippen LogP contribution in [-0.2, 0) is 9.59 Å². The lowest BCUT2D eigenvalue weighted by Gasteiger charge is -2.19. The number of halogens is 2. The van der Waals surface area contributed by atoms with Crippen molar-refractivity contribution in [3.63, 3.8) is 0 Å². The maximum atomic E-state index is 13.2. The van der Waals surface area contributed by atoms with Gasteiger partial charge in [-0.1, -0.05) is 26.0 Å². The SMILES string of the molecule is Cc1ccc(C(C)C)c(OC(C)C(=O)NCC(=O)Nc2ccc(F)c(F)c2)c1. The number of benzene rings is 2. The van der Waals surface area contributed by atoms with Crippen molar-refractivity contribution >= 4 is 17.5 Å². The van der Waals surface area contributed by atoms with E-state index in [1.54, 1.807) is 6.92 Å². The maximum Gasteiger partial charge on any atom is 0.261 e. The van der Waals surface area contributed by atoms with E-state index >= 15 is 0 Å². The molecule has 1 unspecified atom stereocenters. The Kier molecular flexibility index (Phi) is 7.09. The Morgan fingerprint density at radius 2 is 1.75 bits per heavy atom. The lowest BCUT2D eigenvalue weighted by atomic mass is 10.0. The standard InChI is InChI=1S/C21H24F2N2O3/c1-12(2)16-7-5-13(3)9-19(16)28-14(4)21(27)24-11-20(26)25-15-6-8-17(22)18(23)10-15/h5-10,12,14H,11H2,1-4H3,(H,24,27)(H,25,26). The zero-order valence-electron chi connectivity index (χ0n) is 16.3. The molecule has 2 N–H and O–H groups in total.